The maximum absolute atomic E-state index is 13.3. The number of carbonyl (C=O) groups is 3. The predicted molar refractivity (Wildman–Crippen MR) is 135 cm³/mol. The zero-order valence-corrected chi connectivity index (χ0v) is 21.0. The van der Waals surface area contributed by atoms with Crippen LogP contribution in [0.1, 0.15) is 38.8 Å². The Balaban J connectivity index is 1.38. The Morgan fingerprint density at radius 1 is 1.00 bits per heavy atom. The minimum absolute atomic E-state index is 0.0262. The van der Waals surface area contributed by atoms with E-state index >= 15 is 0 Å². The zero-order chi connectivity index (χ0) is 26.3. The van der Waals surface area contributed by atoms with E-state index in [1.807, 2.05) is 29.2 Å². The molecule has 0 aliphatic carbocycles. The van der Waals surface area contributed by atoms with Crippen LogP contribution >= 0.6 is 0 Å². The molecule has 0 bridgehead atoms. The van der Waals surface area contributed by atoms with Gasteiger partial charge >= 0.3 is 6.03 Å². The Kier molecular flexibility index (Phi) is 6.46. The van der Waals surface area contributed by atoms with E-state index in [1.54, 1.807) is 24.0 Å². The molecular formula is C26H31N5O5. The lowest BCUT2D eigenvalue weighted by Crippen LogP contribution is -2.52. The number of non-ortho nitro benzene ring substituents is 1. The van der Waals surface area contributed by atoms with E-state index in [9.17, 15) is 24.5 Å². The molecule has 2 heterocycles. The Morgan fingerprint density at radius 2 is 1.58 bits per heavy atom. The lowest BCUT2D eigenvalue weighted by atomic mass is 9.84. The highest BCUT2D eigenvalue weighted by molar-refractivity contribution is 6.09. The van der Waals surface area contributed by atoms with Gasteiger partial charge in [-0.3, -0.25) is 24.6 Å². The molecule has 10 nitrogen and oxygen atoms in total. The Labute approximate surface area is 210 Å². The molecule has 2 aromatic carbocycles. The molecule has 4 amide bonds. The molecule has 36 heavy (non-hydrogen) atoms. The minimum atomic E-state index is -1.23. The first-order chi connectivity index (χ1) is 16.9. The molecule has 4 rings (SSSR count). The van der Waals surface area contributed by atoms with E-state index in [4.69, 9.17) is 0 Å². The summed E-state index contributed by atoms with van der Waals surface area (Å²) in [7, 11) is 0. The zero-order valence-electron chi connectivity index (χ0n) is 21.0. The standard InChI is InChI=1S/C26H31N5O5/c1-25(2,3)18-5-7-19(8-6-18)26(4)23(33)30(24(34)27-26)17-22(32)29-15-13-28(14-16-29)20-9-11-21(12-10-20)31(35)36/h5-12H,13-17H2,1-4H3,(H,27,34). The van der Waals surface area contributed by atoms with Crippen LogP contribution < -0.4 is 10.2 Å². The molecular weight excluding hydrogens is 462 g/mol. The number of carbonyl (C=O) groups excluding carboxylic acids is 3. The number of rotatable bonds is 5. The Hall–Kier alpha value is -3.95. The van der Waals surface area contributed by atoms with Gasteiger partial charge in [0.05, 0.1) is 4.92 Å². The van der Waals surface area contributed by atoms with Gasteiger partial charge in [0, 0.05) is 44.0 Å². The second-order valence-electron chi connectivity index (χ2n) is 10.4. The maximum Gasteiger partial charge on any atom is 0.325 e. The molecule has 0 radical (unpaired) electrons. The lowest BCUT2D eigenvalue weighted by Gasteiger charge is -2.36. The molecule has 2 aliphatic rings. The van der Waals surface area contributed by atoms with E-state index in [1.165, 1.54) is 12.1 Å². The molecule has 2 aromatic rings. The van der Waals surface area contributed by atoms with Crippen molar-refractivity contribution in [1.29, 1.82) is 0 Å². The number of piperazine rings is 1. The highest BCUT2D eigenvalue weighted by atomic mass is 16.6. The quantitative estimate of drug-likeness (QED) is 0.389. The summed E-state index contributed by atoms with van der Waals surface area (Å²) in [6, 6.07) is 13.3. The monoisotopic (exact) mass is 493 g/mol. The maximum atomic E-state index is 13.3. The van der Waals surface area contributed by atoms with Gasteiger partial charge in [-0.1, -0.05) is 45.0 Å². The number of hydrogen-bond acceptors (Lipinski definition) is 6. The largest absolute Gasteiger partial charge is 0.368 e. The number of nitro groups is 1. The summed E-state index contributed by atoms with van der Waals surface area (Å²) in [5, 5.41) is 13.6. The van der Waals surface area contributed by atoms with Gasteiger partial charge in [0.1, 0.15) is 12.1 Å². The van der Waals surface area contributed by atoms with Crippen LogP contribution in [-0.4, -0.2) is 65.3 Å². The Morgan fingerprint density at radius 3 is 2.11 bits per heavy atom. The smallest absolute Gasteiger partial charge is 0.325 e. The summed E-state index contributed by atoms with van der Waals surface area (Å²) in [6.45, 7) is 9.58. The molecule has 190 valence electrons. The first kappa shape index (κ1) is 25.2. The molecule has 1 N–H and O–H groups in total. The molecule has 0 aromatic heterocycles. The van der Waals surface area contributed by atoms with Crippen molar-refractivity contribution < 1.29 is 19.3 Å². The predicted octanol–water partition coefficient (Wildman–Crippen LogP) is 3.01. The molecule has 2 fully saturated rings. The summed E-state index contributed by atoms with van der Waals surface area (Å²) >= 11 is 0. The van der Waals surface area contributed by atoms with Gasteiger partial charge in [0.15, 0.2) is 0 Å². The molecule has 10 heteroatoms. The van der Waals surface area contributed by atoms with Crippen LogP contribution in [0, 0.1) is 10.1 Å². The van der Waals surface area contributed by atoms with E-state index in [2.05, 4.69) is 26.1 Å². The Bertz CT molecular complexity index is 1180. The minimum Gasteiger partial charge on any atom is -0.368 e. The third kappa shape index (κ3) is 4.75. The van der Waals surface area contributed by atoms with Crippen LogP contribution in [0.15, 0.2) is 48.5 Å². The fourth-order valence-electron chi connectivity index (χ4n) is 4.57. The van der Waals surface area contributed by atoms with Gasteiger partial charge in [-0.25, -0.2) is 4.79 Å². The van der Waals surface area contributed by atoms with Crippen molar-refractivity contribution >= 4 is 29.2 Å². The van der Waals surface area contributed by atoms with Crippen molar-refractivity contribution in [3.63, 3.8) is 0 Å². The summed E-state index contributed by atoms with van der Waals surface area (Å²) < 4.78 is 0. The summed E-state index contributed by atoms with van der Waals surface area (Å²) in [5.41, 5.74) is 1.38. The van der Waals surface area contributed by atoms with E-state index in [0.717, 1.165) is 16.2 Å². The SMILES string of the molecule is CC(C)(C)c1ccc(C2(C)NC(=O)N(CC(=O)N3CCN(c4ccc([N+](=O)[O-])cc4)CC3)C2=O)cc1. The fraction of sp³-hybridized carbons (Fsp3) is 0.423. The summed E-state index contributed by atoms with van der Waals surface area (Å²) in [5.74, 6) is -0.747. The molecule has 0 saturated carbocycles. The van der Waals surface area contributed by atoms with Crippen LogP contribution in [0.25, 0.3) is 0 Å². The first-order valence-electron chi connectivity index (χ1n) is 11.9. The van der Waals surface area contributed by atoms with Crippen molar-refractivity contribution in [2.24, 2.45) is 0 Å². The molecule has 2 saturated heterocycles. The number of nitro benzene ring substituents is 1. The number of imide groups is 1. The van der Waals surface area contributed by atoms with Crippen LogP contribution in [0.3, 0.4) is 0 Å². The average Bonchev–Trinajstić information content (AvgIpc) is 3.07. The number of amides is 4. The summed E-state index contributed by atoms with van der Waals surface area (Å²) in [4.78, 5) is 54.0. The molecule has 1 unspecified atom stereocenters. The van der Waals surface area contributed by atoms with Gasteiger partial charge in [-0.15, -0.1) is 0 Å². The summed E-state index contributed by atoms with van der Waals surface area (Å²) in [6.07, 6.45) is 0. The third-order valence-electron chi connectivity index (χ3n) is 6.95. The third-order valence-corrected chi connectivity index (χ3v) is 6.95. The number of nitrogens with zero attached hydrogens (tertiary/aromatic N) is 4. The van der Waals surface area contributed by atoms with Gasteiger partial charge < -0.3 is 15.1 Å². The van der Waals surface area contributed by atoms with E-state index in [-0.39, 0.29) is 23.6 Å². The second kappa shape index (κ2) is 9.25. The van der Waals surface area contributed by atoms with Gasteiger partial charge in [0.25, 0.3) is 11.6 Å². The highest BCUT2D eigenvalue weighted by Gasteiger charge is 2.49. The lowest BCUT2D eigenvalue weighted by molar-refractivity contribution is -0.384. The van der Waals surface area contributed by atoms with Crippen molar-refractivity contribution in [2.75, 3.05) is 37.6 Å². The topological polar surface area (TPSA) is 116 Å². The number of anilines is 1. The number of hydrogen-bond donors (Lipinski definition) is 1. The molecule has 1 atom stereocenters. The van der Waals surface area contributed by atoms with Crippen molar-refractivity contribution in [3.8, 4) is 0 Å². The van der Waals surface area contributed by atoms with Gasteiger partial charge in [-0.05, 0) is 35.6 Å². The normalized spacial score (nSPS) is 20.5. The van der Waals surface area contributed by atoms with Gasteiger partial charge in [0.2, 0.25) is 5.91 Å². The second-order valence-corrected chi connectivity index (χ2v) is 10.4. The van der Waals surface area contributed by atoms with Crippen LogP contribution in [0.5, 0.6) is 0 Å². The van der Waals surface area contributed by atoms with Crippen molar-refractivity contribution in [2.45, 2.75) is 38.6 Å². The van der Waals surface area contributed by atoms with Crippen LogP contribution in [0.4, 0.5) is 16.2 Å². The molecule has 0 spiro atoms. The average molecular weight is 494 g/mol. The van der Waals surface area contributed by atoms with Gasteiger partial charge in [-0.2, -0.15) is 0 Å². The fourth-order valence-corrected chi connectivity index (χ4v) is 4.57. The van der Waals surface area contributed by atoms with E-state index < -0.39 is 22.4 Å². The molecule has 2 aliphatic heterocycles. The first-order valence-corrected chi connectivity index (χ1v) is 11.9. The number of nitrogens with one attached hydrogen (secondary N) is 1. The highest BCUT2D eigenvalue weighted by Crippen LogP contribution is 2.31. The van der Waals surface area contributed by atoms with Crippen molar-refractivity contribution in [1.82, 2.24) is 15.1 Å². The van der Waals surface area contributed by atoms with Crippen molar-refractivity contribution in [3.05, 3.63) is 69.8 Å². The van der Waals surface area contributed by atoms with E-state index in [0.29, 0.717) is 31.7 Å². The number of benzene rings is 2. The van der Waals surface area contributed by atoms with Crippen LogP contribution in [-0.2, 0) is 20.5 Å². The van der Waals surface area contributed by atoms with Crippen LogP contribution in [0.2, 0.25) is 0 Å². The number of urea groups is 1.